The number of carbonyl (C=O) groups is 2. The lowest BCUT2D eigenvalue weighted by Crippen LogP contribution is -2.58. The van der Waals surface area contributed by atoms with Crippen LogP contribution in [0.2, 0.25) is 0 Å². The first kappa shape index (κ1) is 19.1. The number of carbonyl (C=O) groups excluding carboxylic acids is 2. The van der Waals surface area contributed by atoms with Crippen molar-refractivity contribution in [2.24, 2.45) is 5.92 Å². The van der Waals surface area contributed by atoms with Crippen LogP contribution in [0.15, 0.2) is 0 Å². The molecule has 2 saturated heterocycles. The fraction of sp³-hybridized carbons (Fsp3) is 0.889. The van der Waals surface area contributed by atoms with Gasteiger partial charge in [0.2, 0.25) is 11.8 Å². The number of alkyl halides is 2. The Labute approximate surface area is 143 Å². The minimum Gasteiger partial charge on any atom is -0.335 e. The van der Waals surface area contributed by atoms with Gasteiger partial charge in [0.25, 0.3) is 0 Å². The van der Waals surface area contributed by atoms with Gasteiger partial charge in [0.1, 0.15) is 0 Å². The third kappa shape index (κ3) is 3.57. The fourth-order valence-corrected chi connectivity index (χ4v) is 4.40. The Hall–Kier alpha value is -1.20. The van der Waals surface area contributed by atoms with E-state index >= 15 is 0 Å². The third-order valence-corrected chi connectivity index (χ3v) is 5.42. The molecule has 24 heavy (non-hydrogen) atoms. The van der Waals surface area contributed by atoms with Crippen molar-refractivity contribution in [1.29, 1.82) is 0 Å². The second-order valence-corrected chi connectivity index (χ2v) is 8.22. The number of hydrogen-bond acceptors (Lipinski definition) is 2. The van der Waals surface area contributed by atoms with Crippen LogP contribution in [0.25, 0.3) is 0 Å². The van der Waals surface area contributed by atoms with E-state index in [4.69, 9.17) is 0 Å². The molecule has 2 aliphatic heterocycles. The van der Waals surface area contributed by atoms with Gasteiger partial charge in [-0.3, -0.25) is 14.5 Å². The van der Waals surface area contributed by atoms with Crippen molar-refractivity contribution in [2.75, 3.05) is 0 Å². The van der Waals surface area contributed by atoms with Gasteiger partial charge < -0.3 is 4.90 Å². The van der Waals surface area contributed by atoms with E-state index in [2.05, 4.69) is 0 Å². The van der Waals surface area contributed by atoms with Gasteiger partial charge in [-0.1, -0.05) is 0 Å². The Kier molecular flexibility index (Phi) is 5.26. The second kappa shape index (κ2) is 6.60. The minimum absolute atomic E-state index is 0.0286. The lowest BCUT2D eigenvalue weighted by molar-refractivity contribution is -0.197. The molecule has 0 bridgehead atoms. The minimum atomic E-state index is -3.09. The zero-order valence-corrected chi connectivity index (χ0v) is 15.4. The van der Waals surface area contributed by atoms with Crippen molar-refractivity contribution in [3.05, 3.63) is 0 Å². The molecule has 2 unspecified atom stereocenters. The van der Waals surface area contributed by atoms with E-state index in [0.29, 0.717) is 12.8 Å². The predicted molar refractivity (Wildman–Crippen MR) is 88.5 cm³/mol. The maximum Gasteiger partial charge on any atom is 0.328 e. The van der Waals surface area contributed by atoms with Crippen LogP contribution in [0.1, 0.15) is 73.1 Å². The first-order chi connectivity index (χ1) is 11.0. The van der Waals surface area contributed by atoms with Crippen molar-refractivity contribution in [3.8, 4) is 0 Å². The molecule has 2 aliphatic rings. The molecule has 0 aliphatic carbocycles. The van der Waals surface area contributed by atoms with Gasteiger partial charge in [0.15, 0.2) is 0 Å². The van der Waals surface area contributed by atoms with E-state index in [9.17, 15) is 18.4 Å². The third-order valence-electron chi connectivity index (χ3n) is 5.42. The Morgan fingerprint density at radius 3 is 2.29 bits per heavy atom. The Bertz CT molecular complexity index is 505. The molecular formula is C18H30F2N2O2. The standard InChI is InChI=1S/C18H30F2N2O2/c1-12(2)21-16(24)14(8-10-17(21,4)5)11-13(3)22-15(23)7-6-9-18(22,19)20/h12-14H,6-11H2,1-5H3. The van der Waals surface area contributed by atoms with Crippen LogP contribution in [-0.2, 0) is 9.59 Å². The average Bonchev–Trinajstić information content (AvgIpc) is 2.40. The summed E-state index contributed by atoms with van der Waals surface area (Å²) in [6, 6.07) is -3.65. The fourth-order valence-electron chi connectivity index (χ4n) is 4.40. The van der Waals surface area contributed by atoms with E-state index in [1.54, 1.807) is 6.92 Å². The summed E-state index contributed by atoms with van der Waals surface area (Å²) in [5.41, 5.74) is -0.212. The molecule has 0 N–H and O–H groups in total. The number of nitrogens with zero attached hydrogens (tertiary/aromatic N) is 2. The molecule has 0 saturated carbocycles. The van der Waals surface area contributed by atoms with Crippen LogP contribution in [-0.4, -0.2) is 45.3 Å². The van der Waals surface area contributed by atoms with E-state index in [0.717, 1.165) is 11.3 Å². The first-order valence-electron chi connectivity index (χ1n) is 9.00. The van der Waals surface area contributed by atoms with Crippen molar-refractivity contribution in [2.45, 2.75) is 96.8 Å². The Morgan fingerprint density at radius 2 is 1.75 bits per heavy atom. The molecule has 2 fully saturated rings. The van der Waals surface area contributed by atoms with Crippen LogP contribution in [0.5, 0.6) is 0 Å². The van der Waals surface area contributed by atoms with Gasteiger partial charge in [-0.05, 0) is 60.3 Å². The molecule has 4 nitrogen and oxygen atoms in total. The number of rotatable bonds is 4. The molecule has 0 aromatic heterocycles. The molecule has 2 rings (SSSR count). The van der Waals surface area contributed by atoms with Gasteiger partial charge in [0, 0.05) is 36.4 Å². The average molecular weight is 344 g/mol. The summed E-state index contributed by atoms with van der Waals surface area (Å²) in [6.07, 6.45) is 1.95. The van der Waals surface area contributed by atoms with E-state index < -0.39 is 18.0 Å². The SMILES string of the molecule is CC(C)N1C(=O)C(CC(C)N2C(=O)CCCC2(F)F)CCC1(C)C. The number of hydrogen-bond donors (Lipinski definition) is 0. The van der Waals surface area contributed by atoms with Gasteiger partial charge in [-0.25, -0.2) is 0 Å². The van der Waals surface area contributed by atoms with Gasteiger partial charge in [-0.2, -0.15) is 8.78 Å². The molecule has 0 aromatic carbocycles. The summed E-state index contributed by atoms with van der Waals surface area (Å²) >= 11 is 0. The van der Waals surface area contributed by atoms with Crippen LogP contribution in [0, 0.1) is 5.92 Å². The van der Waals surface area contributed by atoms with Crippen LogP contribution < -0.4 is 0 Å². The molecule has 2 atom stereocenters. The van der Waals surface area contributed by atoms with Crippen LogP contribution in [0.3, 0.4) is 0 Å². The Balaban J connectivity index is 2.12. The number of halogens is 2. The molecule has 2 heterocycles. The highest BCUT2D eigenvalue weighted by Gasteiger charge is 2.48. The lowest BCUT2D eigenvalue weighted by atomic mass is 9.80. The number of likely N-dealkylation sites (tertiary alicyclic amines) is 2. The molecule has 6 heteroatoms. The quantitative estimate of drug-likeness (QED) is 0.728. The van der Waals surface area contributed by atoms with E-state index in [1.165, 1.54) is 0 Å². The summed E-state index contributed by atoms with van der Waals surface area (Å²) in [4.78, 5) is 27.5. The maximum absolute atomic E-state index is 14.2. The van der Waals surface area contributed by atoms with Gasteiger partial charge in [0.05, 0.1) is 0 Å². The second-order valence-electron chi connectivity index (χ2n) is 8.22. The lowest BCUT2D eigenvalue weighted by Gasteiger charge is -2.49. The highest BCUT2D eigenvalue weighted by molar-refractivity contribution is 5.81. The van der Waals surface area contributed by atoms with Gasteiger partial charge >= 0.3 is 6.05 Å². The van der Waals surface area contributed by atoms with Crippen molar-refractivity contribution >= 4 is 11.8 Å². The summed E-state index contributed by atoms with van der Waals surface area (Å²) < 4.78 is 28.3. The Morgan fingerprint density at radius 1 is 1.12 bits per heavy atom. The zero-order valence-electron chi connectivity index (χ0n) is 15.4. The smallest absolute Gasteiger partial charge is 0.328 e. The summed E-state index contributed by atoms with van der Waals surface area (Å²) in [5.74, 6) is -0.759. The monoisotopic (exact) mass is 344 g/mol. The van der Waals surface area contributed by atoms with Crippen molar-refractivity contribution in [3.63, 3.8) is 0 Å². The zero-order chi connectivity index (χ0) is 18.3. The maximum atomic E-state index is 14.2. The molecular weight excluding hydrogens is 314 g/mol. The summed E-state index contributed by atoms with van der Waals surface area (Å²) in [5, 5.41) is 0. The largest absolute Gasteiger partial charge is 0.335 e. The summed E-state index contributed by atoms with van der Waals surface area (Å²) in [6.45, 7) is 9.70. The van der Waals surface area contributed by atoms with E-state index in [-0.39, 0.29) is 42.7 Å². The highest BCUT2D eigenvalue weighted by Crippen LogP contribution is 2.39. The number of amides is 2. The van der Waals surface area contributed by atoms with E-state index in [1.807, 2.05) is 32.6 Å². The predicted octanol–water partition coefficient (Wildman–Crippen LogP) is 3.80. The molecule has 2 amide bonds. The van der Waals surface area contributed by atoms with Crippen molar-refractivity contribution in [1.82, 2.24) is 9.80 Å². The highest BCUT2D eigenvalue weighted by atomic mass is 19.3. The topological polar surface area (TPSA) is 40.6 Å². The molecule has 0 aromatic rings. The number of piperidine rings is 2. The molecule has 0 radical (unpaired) electrons. The van der Waals surface area contributed by atoms with Gasteiger partial charge in [-0.15, -0.1) is 0 Å². The van der Waals surface area contributed by atoms with Crippen molar-refractivity contribution < 1.29 is 18.4 Å². The molecule has 0 spiro atoms. The first-order valence-corrected chi connectivity index (χ1v) is 9.00. The van der Waals surface area contributed by atoms with Crippen LogP contribution in [0.4, 0.5) is 8.78 Å². The normalized spacial score (nSPS) is 28.4. The molecule has 138 valence electrons. The summed E-state index contributed by atoms with van der Waals surface area (Å²) in [7, 11) is 0. The van der Waals surface area contributed by atoms with Crippen LogP contribution >= 0.6 is 0 Å².